The minimum absolute atomic E-state index is 0.0753. The standard InChI is InChI=1S/C14H24N2O/c1-6-12-7-11(9-17)8-13(15-12)16(5)10-14(2,3)4/h7-8,17H,6,9-10H2,1-5H3. The summed E-state index contributed by atoms with van der Waals surface area (Å²) in [6, 6.07) is 3.93. The predicted octanol–water partition coefficient (Wildman–Crippen LogP) is 2.62. The fourth-order valence-corrected chi connectivity index (χ4v) is 1.89. The van der Waals surface area contributed by atoms with E-state index in [0.717, 1.165) is 30.0 Å². The minimum Gasteiger partial charge on any atom is -0.392 e. The van der Waals surface area contributed by atoms with Crippen LogP contribution in [0.1, 0.15) is 39.0 Å². The van der Waals surface area contributed by atoms with E-state index in [1.54, 1.807) is 0 Å². The van der Waals surface area contributed by atoms with Crippen LogP contribution in [-0.2, 0) is 13.0 Å². The number of anilines is 1. The van der Waals surface area contributed by atoms with Gasteiger partial charge in [-0.15, -0.1) is 0 Å². The van der Waals surface area contributed by atoms with Crippen molar-refractivity contribution in [2.45, 2.75) is 40.7 Å². The first-order chi connectivity index (χ1) is 7.85. The summed E-state index contributed by atoms with van der Waals surface area (Å²) in [5, 5.41) is 9.25. The van der Waals surface area contributed by atoms with Gasteiger partial charge in [-0.25, -0.2) is 4.98 Å². The van der Waals surface area contributed by atoms with Gasteiger partial charge < -0.3 is 10.0 Å². The lowest BCUT2D eigenvalue weighted by Crippen LogP contribution is -2.30. The molecule has 1 aromatic rings. The highest BCUT2D eigenvalue weighted by atomic mass is 16.3. The molecule has 1 rings (SSSR count). The van der Waals surface area contributed by atoms with E-state index in [0.29, 0.717) is 0 Å². The Morgan fingerprint density at radius 3 is 2.41 bits per heavy atom. The molecule has 3 nitrogen and oxygen atoms in total. The molecule has 0 aliphatic heterocycles. The highest BCUT2D eigenvalue weighted by Gasteiger charge is 2.15. The molecule has 0 aliphatic carbocycles. The van der Waals surface area contributed by atoms with Crippen LogP contribution in [0.5, 0.6) is 0 Å². The van der Waals surface area contributed by atoms with Crippen molar-refractivity contribution in [2.24, 2.45) is 5.41 Å². The van der Waals surface area contributed by atoms with Crippen molar-refractivity contribution >= 4 is 5.82 Å². The zero-order valence-corrected chi connectivity index (χ0v) is 11.6. The van der Waals surface area contributed by atoms with Gasteiger partial charge in [0.25, 0.3) is 0 Å². The van der Waals surface area contributed by atoms with Gasteiger partial charge in [0.05, 0.1) is 6.61 Å². The number of hydrogen-bond acceptors (Lipinski definition) is 3. The molecule has 17 heavy (non-hydrogen) atoms. The van der Waals surface area contributed by atoms with Crippen LogP contribution in [-0.4, -0.2) is 23.7 Å². The maximum Gasteiger partial charge on any atom is 0.128 e. The second-order valence-electron chi connectivity index (χ2n) is 5.75. The first kappa shape index (κ1) is 14.0. The van der Waals surface area contributed by atoms with E-state index in [9.17, 15) is 5.11 Å². The second-order valence-corrected chi connectivity index (χ2v) is 5.75. The molecular weight excluding hydrogens is 212 g/mol. The second kappa shape index (κ2) is 5.50. The highest BCUT2D eigenvalue weighted by molar-refractivity contribution is 5.42. The van der Waals surface area contributed by atoms with E-state index in [-0.39, 0.29) is 12.0 Å². The average molecular weight is 236 g/mol. The summed E-state index contributed by atoms with van der Waals surface area (Å²) in [5.41, 5.74) is 2.21. The molecule has 0 spiro atoms. The van der Waals surface area contributed by atoms with Gasteiger partial charge in [0.15, 0.2) is 0 Å². The van der Waals surface area contributed by atoms with Crippen LogP contribution in [0.25, 0.3) is 0 Å². The lowest BCUT2D eigenvalue weighted by atomic mass is 9.96. The Morgan fingerprint density at radius 1 is 1.29 bits per heavy atom. The lowest BCUT2D eigenvalue weighted by molar-refractivity contribution is 0.281. The lowest BCUT2D eigenvalue weighted by Gasteiger charge is -2.28. The minimum atomic E-state index is 0.0753. The maximum absolute atomic E-state index is 9.25. The van der Waals surface area contributed by atoms with Crippen LogP contribution in [0, 0.1) is 5.41 Å². The third-order valence-corrected chi connectivity index (χ3v) is 2.57. The van der Waals surface area contributed by atoms with Crippen molar-refractivity contribution < 1.29 is 5.11 Å². The maximum atomic E-state index is 9.25. The molecule has 96 valence electrons. The topological polar surface area (TPSA) is 36.4 Å². The summed E-state index contributed by atoms with van der Waals surface area (Å²) >= 11 is 0. The van der Waals surface area contributed by atoms with Crippen LogP contribution >= 0.6 is 0 Å². The molecule has 0 radical (unpaired) electrons. The van der Waals surface area contributed by atoms with Gasteiger partial charge >= 0.3 is 0 Å². The summed E-state index contributed by atoms with van der Waals surface area (Å²) in [7, 11) is 2.05. The van der Waals surface area contributed by atoms with Gasteiger partial charge in [-0.05, 0) is 29.5 Å². The monoisotopic (exact) mass is 236 g/mol. The molecule has 0 saturated heterocycles. The van der Waals surface area contributed by atoms with Crippen molar-refractivity contribution in [3.05, 3.63) is 23.4 Å². The molecule has 0 bridgehead atoms. The number of aliphatic hydroxyl groups excluding tert-OH is 1. The average Bonchev–Trinajstić information content (AvgIpc) is 2.26. The third kappa shape index (κ3) is 4.35. The van der Waals surface area contributed by atoms with Gasteiger partial charge in [0.1, 0.15) is 5.82 Å². The Balaban J connectivity index is 2.96. The van der Waals surface area contributed by atoms with E-state index < -0.39 is 0 Å². The Labute approximate surface area is 104 Å². The third-order valence-electron chi connectivity index (χ3n) is 2.57. The molecule has 0 unspecified atom stereocenters. The van der Waals surface area contributed by atoms with Gasteiger partial charge in [-0.2, -0.15) is 0 Å². The molecule has 0 amide bonds. The van der Waals surface area contributed by atoms with Crippen LogP contribution in [0.3, 0.4) is 0 Å². The van der Waals surface area contributed by atoms with Gasteiger partial charge in [-0.1, -0.05) is 27.7 Å². The summed E-state index contributed by atoms with van der Waals surface area (Å²) in [5.74, 6) is 0.948. The smallest absolute Gasteiger partial charge is 0.128 e. The summed E-state index contributed by atoms with van der Waals surface area (Å²) < 4.78 is 0. The van der Waals surface area contributed by atoms with Gasteiger partial charge in [0.2, 0.25) is 0 Å². The molecule has 0 saturated carbocycles. The highest BCUT2D eigenvalue weighted by Crippen LogP contribution is 2.20. The summed E-state index contributed by atoms with van der Waals surface area (Å²) in [6.45, 7) is 9.72. The number of hydrogen-bond donors (Lipinski definition) is 1. The molecule has 0 atom stereocenters. The molecule has 3 heteroatoms. The molecule has 1 aromatic heterocycles. The van der Waals surface area contributed by atoms with E-state index in [4.69, 9.17) is 0 Å². The SMILES string of the molecule is CCc1cc(CO)cc(N(C)CC(C)(C)C)n1. The zero-order chi connectivity index (χ0) is 13.1. The molecule has 0 fully saturated rings. The molecular formula is C14H24N2O. The van der Waals surface area contributed by atoms with Gasteiger partial charge in [-0.3, -0.25) is 0 Å². The Bertz CT molecular complexity index is 347. The van der Waals surface area contributed by atoms with Gasteiger partial charge in [0, 0.05) is 19.3 Å². The zero-order valence-electron chi connectivity index (χ0n) is 11.6. The number of aryl methyl sites for hydroxylation is 1. The predicted molar refractivity (Wildman–Crippen MR) is 72.3 cm³/mol. The number of aliphatic hydroxyl groups is 1. The van der Waals surface area contributed by atoms with E-state index in [1.165, 1.54) is 0 Å². The van der Waals surface area contributed by atoms with E-state index in [2.05, 4.69) is 37.6 Å². The summed E-state index contributed by atoms with van der Waals surface area (Å²) in [4.78, 5) is 6.75. The van der Waals surface area contributed by atoms with E-state index in [1.807, 2.05) is 19.2 Å². The summed E-state index contributed by atoms with van der Waals surface area (Å²) in [6.07, 6.45) is 0.893. The normalized spacial score (nSPS) is 11.6. The van der Waals surface area contributed by atoms with Crippen molar-refractivity contribution in [3.63, 3.8) is 0 Å². The van der Waals surface area contributed by atoms with Crippen molar-refractivity contribution in [1.29, 1.82) is 0 Å². The molecule has 1 N–H and O–H groups in total. The number of pyridine rings is 1. The van der Waals surface area contributed by atoms with E-state index >= 15 is 0 Å². The van der Waals surface area contributed by atoms with Crippen LogP contribution in [0.4, 0.5) is 5.82 Å². The number of nitrogens with zero attached hydrogens (tertiary/aromatic N) is 2. The molecule has 0 aromatic carbocycles. The Hall–Kier alpha value is -1.09. The number of aromatic nitrogens is 1. The van der Waals surface area contributed by atoms with Crippen molar-refractivity contribution in [2.75, 3.05) is 18.5 Å². The quantitative estimate of drug-likeness (QED) is 0.873. The fourth-order valence-electron chi connectivity index (χ4n) is 1.89. The molecule has 1 heterocycles. The fraction of sp³-hybridized carbons (Fsp3) is 0.643. The van der Waals surface area contributed by atoms with Crippen LogP contribution < -0.4 is 4.90 Å². The van der Waals surface area contributed by atoms with Crippen molar-refractivity contribution in [3.8, 4) is 0 Å². The number of rotatable bonds is 4. The largest absolute Gasteiger partial charge is 0.392 e. The Morgan fingerprint density at radius 2 is 1.94 bits per heavy atom. The van der Waals surface area contributed by atoms with Crippen LogP contribution in [0.15, 0.2) is 12.1 Å². The Kier molecular flexibility index (Phi) is 4.52. The van der Waals surface area contributed by atoms with Crippen molar-refractivity contribution in [1.82, 2.24) is 4.98 Å². The first-order valence-corrected chi connectivity index (χ1v) is 6.17. The molecule has 0 aliphatic rings. The first-order valence-electron chi connectivity index (χ1n) is 6.17. The van der Waals surface area contributed by atoms with Crippen LogP contribution in [0.2, 0.25) is 0 Å².